The monoisotopic (exact) mass is 286 g/mol. The zero-order valence-electron chi connectivity index (χ0n) is 12.6. The van der Waals surface area contributed by atoms with Crippen molar-refractivity contribution < 1.29 is 9.53 Å². The Labute approximate surface area is 125 Å². The summed E-state index contributed by atoms with van der Waals surface area (Å²) in [6.07, 6.45) is 4.34. The van der Waals surface area contributed by atoms with Gasteiger partial charge in [0.2, 0.25) is 0 Å². The number of ether oxygens (including phenoxy) is 1. The number of rotatable bonds is 6. The number of amides is 1. The van der Waals surface area contributed by atoms with Crippen LogP contribution in [-0.2, 0) is 4.74 Å². The van der Waals surface area contributed by atoms with Gasteiger partial charge in [0.1, 0.15) is 0 Å². The van der Waals surface area contributed by atoms with Crippen LogP contribution < -0.4 is 0 Å². The summed E-state index contributed by atoms with van der Waals surface area (Å²) in [6.45, 7) is 3.38. The molecular weight excluding hydrogens is 264 g/mol. The molecule has 1 atom stereocenters. The highest BCUT2D eigenvalue weighted by atomic mass is 16.5. The first-order chi connectivity index (χ1) is 10.2. The maximum Gasteiger partial charge on any atom is 0.254 e. The van der Waals surface area contributed by atoms with Gasteiger partial charge in [-0.05, 0) is 43.9 Å². The Balaban J connectivity index is 1.90. The molecule has 1 aliphatic rings. The fourth-order valence-electron chi connectivity index (χ4n) is 2.94. The first-order valence-corrected chi connectivity index (χ1v) is 7.58. The first-order valence-electron chi connectivity index (χ1n) is 7.58. The van der Waals surface area contributed by atoms with E-state index in [1.54, 1.807) is 7.11 Å². The van der Waals surface area contributed by atoms with Crippen molar-refractivity contribution in [3.05, 3.63) is 36.0 Å². The van der Waals surface area contributed by atoms with E-state index < -0.39 is 0 Å². The summed E-state index contributed by atoms with van der Waals surface area (Å²) in [5.74, 6) is 0.757. The van der Waals surface area contributed by atoms with Crippen LogP contribution in [0.3, 0.4) is 0 Å². The zero-order valence-corrected chi connectivity index (χ0v) is 12.6. The Morgan fingerprint density at radius 1 is 1.43 bits per heavy atom. The number of H-pyrrole nitrogens is 1. The largest absolute Gasteiger partial charge is 0.383 e. The highest BCUT2D eigenvalue weighted by Crippen LogP contribution is 2.36. The van der Waals surface area contributed by atoms with E-state index in [2.05, 4.69) is 11.9 Å². The van der Waals surface area contributed by atoms with Gasteiger partial charge in [-0.1, -0.05) is 6.07 Å². The van der Waals surface area contributed by atoms with Gasteiger partial charge < -0.3 is 14.6 Å². The standard InChI is InChI=1S/C17H22N2O2/c1-12(13-6-7-13)19(10-11-21-2)17(20)15-4-3-5-16-14(15)8-9-18-16/h3-5,8-9,12-13,18H,6-7,10-11H2,1-2H3. The maximum absolute atomic E-state index is 13.0. The van der Waals surface area contributed by atoms with Crippen LogP contribution in [0.1, 0.15) is 30.1 Å². The Bertz CT molecular complexity index is 631. The van der Waals surface area contributed by atoms with Gasteiger partial charge in [0.15, 0.2) is 0 Å². The molecule has 1 saturated carbocycles. The molecule has 112 valence electrons. The summed E-state index contributed by atoms with van der Waals surface area (Å²) in [5, 5.41) is 0.993. The third kappa shape index (κ3) is 2.81. The molecule has 1 aromatic heterocycles. The van der Waals surface area contributed by atoms with E-state index in [4.69, 9.17) is 4.74 Å². The maximum atomic E-state index is 13.0. The van der Waals surface area contributed by atoms with E-state index in [0.717, 1.165) is 16.5 Å². The van der Waals surface area contributed by atoms with Crippen LogP contribution in [0, 0.1) is 5.92 Å². The first kappa shape index (κ1) is 14.1. The number of nitrogens with one attached hydrogen (secondary N) is 1. The fourth-order valence-corrected chi connectivity index (χ4v) is 2.94. The molecule has 1 heterocycles. The van der Waals surface area contributed by atoms with Crippen molar-refractivity contribution in [2.24, 2.45) is 5.92 Å². The van der Waals surface area contributed by atoms with Gasteiger partial charge in [0, 0.05) is 42.4 Å². The third-order valence-electron chi connectivity index (χ3n) is 4.42. The van der Waals surface area contributed by atoms with Crippen molar-refractivity contribution >= 4 is 16.8 Å². The number of methoxy groups -OCH3 is 1. The molecular formula is C17H22N2O2. The minimum absolute atomic E-state index is 0.108. The number of fused-ring (bicyclic) bond motifs is 1. The number of aromatic nitrogens is 1. The molecule has 3 rings (SSSR count). The van der Waals surface area contributed by atoms with Gasteiger partial charge in [-0.15, -0.1) is 0 Å². The molecule has 1 unspecified atom stereocenters. The molecule has 1 amide bonds. The minimum atomic E-state index is 0.108. The Morgan fingerprint density at radius 3 is 2.95 bits per heavy atom. The number of hydrogen-bond donors (Lipinski definition) is 1. The molecule has 0 radical (unpaired) electrons. The molecule has 0 bridgehead atoms. The average molecular weight is 286 g/mol. The predicted octanol–water partition coefficient (Wildman–Crippen LogP) is 3.06. The molecule has 4 heteroatoms. The molecule has 1 aliphatic carbocycles. The van der Waals surface area contributed by atoms with Gasteiger partial charge in [-0.25, -0.2) is 0 Å². The van der Waals surface area contributed by atoms with E-state index in [-0.39, 0.29) is 11.9 Å². The third-order valence-corrected chi connectivity index (χ3v) is 4.42. The molecule has 1 fully saturated rings. The van der Waals surface area contributed by atoms with Crippen LogP contribution in [0.15, 0.2) is 30.5 Å². The molecule has 21 heavy (non-hydrogen) atoms. The lowest BCUT2D eigenvalue weighted by atomic mass is 10.1. The summed E-state index contributed by atoms with van der Waals surface area (Å²) >= 11 is 0. The van der Waals surface area contributed by atoms with E-state index in [9.17, 15) is 4.79 Å². The fraction of sp³-hybridized carbons (Fsp3) is 0.471. The van der Waals surface area contributed by atoms with E-state index >= 15 is 0 Å². The van der Waals surface area contributed by atoms with Gasteiger partial charge in [-0.2, -0.15) is 0 Å². The Kier molecular flexibility index (Phi) is 3.97. The van der Waals surface area contributed by atoms with Crippen molar-refractivity contribution in [3.63, 3.8) is 0 Å². The lowest BCUT2D eigenvalue weighted by Crippen LogP contribution is -2.42. The van der Waals surface area contributed by atoms with Crippen molar-refractivity contribution in [2.45, 2.75) is 25.8 Å². The van der Waals surface area contributed by atoms with E-state index in [0.29, 0.717) is 19.1 Å². The smallest absolute Gasteiger partial charge is 0.254 e. The highest BCUT2D eigenvalue weighted by molar-refractivity contribution is 6.06. The molecule has 4 nitrogen and oxygen atoms in total. The second kappa shape index (κ2) is 5.90. The van der Waals surface area contributed by atoms with Crippen LogP contribution in [0.25, 0.3) is 10.9 Å². The van der Waals surface area contributed by atoms with E-state index in [1.807, 2.05) is 35.4 Å². The number of hydrogen-bond acceptors (Lipinski definition) is 2. The summed E-state index contributed by atoms with van der Waals surface area (Å²) < 4.78 is 5.18. The van der Waals surface area contributed by atoms with Crippen LogP contribution in [0.2, 0.25) is 0 Å². The van der Waals surface area contributed by atoms with Crippen molar-refractivity contribution in [1.82, 2.24) is 9.88 Å². The summed E-state index contributed by atoms with van der Waals surface area (Å²) in [6, 6.07) is 8.09. The van der Waals surface area contributed by atoms with Crippen molar-refractivity contribution in [1.29, 1.82) is 0 Å². The number of carbonyl (C=O) groups excluding carboxylic acids is 1. The second-order valence-electron chi connectivity index (χ2n) is 5.81. The SMILES string of the molecule is COCCN(C(=O)c1cccc2[nH]ccc12)C(C)C1CC1. The summed E-state index contributed by atoms with van der Waals surface area (Å²) in [7, 11) is 1.68. The van der Waals surface area contributed by atoms with Gasteiger partial charge in [0.25, 0.3) is 5.91 Å². The van der Waals surface area contributed by atoms with Crippen LogP contribution >= 0.6 is 0 Å². The lowest BCUT2D eigenvalue weighted by Gasteiger charge is -2.29. The molecule has 0 saturated heterocycles. The van der Waals surface area contributed by atoms with Crippen LogP contribution in [0.4, 0.5) is 0 Å². The number of nitrogens with zero attached hydrogens (tertiary/aromatic N) is 1. The number of benzene rings is 1. The highest BCUT2D eigenvalue weighted by Gasteiger charge is 2.34. The Hall–Kier alpha value is -1.81. The predicted molar refractivity (Wildman–Crippen MR) is 83.4 cm³/mol. The molecule has 1 N–H and O–H groups in total. The van der Waals surface area contributed by atoms with Gasteiger partial charge in [0.05, 0.1) is 6.61 Å². The number of aromatic amines is 1. The van der Waals surface area contributed by atoms with Crippen LogP contribution in [-0.4, -0.2) is 42.1 Å². The lowest BCUT2D eigenvalue weighted by molar-refractivity contribution is 0.0596. The average Bonchev–Trinajstić information content (AvgIpc) is 3.24. The minimum Gasteiger partial charge on any atom is -0.383 e. The quantitative estimate of drug-likeness (QED) is 0.887. The summed E-state index contributed by atoms with van der Waals surface area (Å²) in [5.41, 5.74) is 1.78. The van der Waals surface area contributed by atoms with Crippen molar-refractivity contribution in [3.8, 4) is 0 Å². The molecule has 0 spiro atoms. The van der Waals surface area contributed by atoms with Crippen molar-refractivity contribution in [2.75, 3.05) is 20.3 Å². The van der Waals surface area contributed by atoms with Gasteiger partial charge in [-0.3, -0.25) is 4.79 Å². The Morgan fingerprint density at radius 2 is 2.24 bits per heavy atom. The zero-order chi connectivity index (χ0) is 14.8. The van der Waals surface area contributed by atoms with Gasteiger partial charge >= 0.3 is 0 Å². The summed E-state index contributed by atoms with van der Waals surface area (Å²) in [4.78, 5) is 18.1. The number of carbonyl (C=O) groups is 1. The van der Waals surface area contributed by atoms with Crippen LogP contribution in [0.5, 0.6) is 0 Å². The second-order valence-corrected chi connectivity index (χ2v) is 5.81. The molecule has 1 aromatic carbocycles. The normalized spacial score (nSPS) is 16.1. The molecule has 0 aliphatic heterocycles. The topological polar surface area (TPSA) is 45.3 Å². The molecule has 2 aromatic rings. The van der Waals surface area contributed by atoms with E-state index in [1.165, 1.54) is 12.8 Å².